The van der Waals surface area contributed by atoms with E-state index in [1.165, 1.54) is 0 Å². The Kier molecular flexibility index (Phi) is 12.4. The molecule has 0 N–H and O–H groups in total. The molecule has 2 aliphatic rings. The summed E-state index contributed by atoms with van der Waals surface area (Å²) in [5.41, 5.74) is 0. The summed E-state index contributed by atoms with van der Waals surface area (Å²) in [7, 11) is 0. The van der Waals surface area contributed by atoms with Crippen LogP contribution in [0.15, 0.2) is 0 Å². The molecular weight excluding hydrogens is 509 g/mol. The molecule has 0 aliphatic carbocycles. The summed E-state index contributed by atoms with van der Waals surface area (Å²) in [6.45, 7) is 6.50. The summed E-state index contributed by atoms with van der Waals surface area (Å²) in [4.78, 5) is 3.96. The molecule has 0 amide bonds. The van der Waals surface area contributed by atoms with Crippen molar-refractivity contribution in [3.05, 3.63) is 0 Å². The first-order valence-corrected chi connectivity index (χ1v) is 7.32. The third-order valence-electron chi connectivity index (χ3n) is 2.54. The van der Waals surface area contributed by atoms with Crippen LogP contribution in [0.1, 0.15) is 0 Å². The van der Waals surface area contributed by atoms with Gasteiger partial charge in [0.1, 0.15) is 0 Å². The first-order valence-electron chi connectivity index (χ1n) is 5.68. The van der Waals surface area contributed by atoms with Gasteiger partial charge in [0.2, 0.25) is 0 Å². The molecule has 0 saturated carbocycles. The van der Waals surface area contributed by atoms with Gasteiger partial charge in [0.25, 0.3) is 0 Å². The van der Waals surface area contributed by atoms with Crippen LogP contribution in [0.25, 0.3) is 0 Å². The van der Waals surface area contributed by atoms with E-state index in [0.717, 1.165) is 52.6 Å². The molecule has 2 saturated heterocycles. The predicted octanol–water partition coefficient (Wildman–Crippen LogP) is 0.298. The van der Waals surface area contributed by atoms with Crippen LogP contribution >= 0.6 is 24.4 Å². The minimum absolute atomic E-state index is 0. The molecule has 0 aromatic rings. The molecule has 2 fully saturated rings. The zero-order chi connectivity index (χ0) is 13.4. The van der Waals surface area contributed by atoms with Gasteiger partial charge in [-0.1, -0.05) is 8.64 Å². The van der Waals surface area contributed by atoms with Gasteiger partial charge in [-0.25, -0.2) is 0 Å². The normalized spacial score (nSPS) is 18.7. The molecule has 0 radical (unpaired) electrons. The Bertz CT molecular complexity index is 257. The van der Waals surface area contributed by atoms with Crippen LogP contribution in [-0.2, 0) is 62.4 Å². The Balaban J connectivity index is 0.000000324. The molecule has 0 spiro atoms. The second-order valence-electron chi connectivity index (χ2n) is 3.73. The van der Waals surface area contributed by atoms with Gasteiger partial charge in [0, 0.05) is 26.2 Å². The molecule has 0 aromatic heterocycles. The quantitative estimate of drug-likeness (QED) is 0.253. The number of thiocarbonyl (C=S) groups is 2. The summed E-state index contributed by atoms with van der Waals surface area (Å²) in [6, 6.07) is 0. The van der Waals surface area contributed by atoms with Gasteiger partial charge in [-0.2, -0.15) is 0 Å². The topological polar surface area (TPSA) is 24.9 Å². The second kappa shape index (κ2) is 11.7. The number of rotatable bonds is 0. The van der Waals surface area contributed by atoms with Crippen molar-refractivity contribution < 1.29 is 37.1 Å². The van der Waals surface area contributed by atoms with E-state index in [1.807, 2.05) is 9.80 Å². The van der Waals surface area contributed by atoms with E-state index in [4.69, 9.17) is 59.2 Å². The third kappa shape index (κ3) is 8.85. The van der Waals surface area contributed by atoms with Gasteiger partial charge in [-0.15, -0.1) is 0 Å². The molecule has 0 aromatic carbocycles. The predicted molar refractivity (Wildman–Crippen MR) is 84.7 cm³/mol. The van der Waals surface area contributed by atoms with E-state index in [0.29, 0.717) is 8.64 Å². The van der Waals surface area contributed by atoms with Crippen LogP contribution in [-0.4, -0.2) is 71.0 Å². The van der Waals surface area contributed by atoms with Crippen LogP contribution in [0.4, 0.5) is 0 Å². The average Bonchev–Trinajstić information content (AvgIpc) is 2.41. The Morgan fingerprint density at radius 3 is 1.16 bits per heavy atom. The molecule has 4 nitrogen and oxygen atoms in total. The molecule has 19 heavy (non-hydrogen) atoms. The van der Waals surface area contributed by atoms with Crippen molar-refractivity contribution in [1.82, 2.24) is 9.80 Å². The minimum Gasteiger partial charge on any atom is -0.411 e. The zero-order valence-corrected chi connectivity index (χ0v) is 19.5. The largest absolute Gasteiger partial charge is 2.00 e. The minimum atomic E-state index is 0. The van der Waals surface area contributed by atoms with E-state index >= 15 is 0 Å². The van der Waals surface area contributed by atoms with E-state index in [1.54, 1.807) is 0 Å². The monoisotopic (exact) mass is 526 g/mol. The van der Waals surface area contributed by atoms with Gasteiger partial charge >= 0.3 is 27.7 Å². The zero-order valence-electron chi connectivity index (χ0n) is 10.7. The standard InChI is InChI=1S/2C5H9NOS2.Hg/c2*8-5(9)6-1-3-7-4-2-6;/h2*1-4H2,(H,8,9);/q;;+2/p-2. The molecule has 104 valence electrons. The smallest absolute Gasteiger partial charge is 0.411 e. The van der Waals surface area contributed by atoms with Crippen LogP contribution in [0.2, 0.25) is 0 Å². The average molecular weight is 525 g/mol. The van der Waals surface area contributed by atoms with Gasteiger partial charge < -0.3 is 69.0 Å². The van der Waals surface area contributed by atoms with Crippen LogP contribution in [0.3, 0.4) is 0 Å². The van der Waals surface area contributed by atoms with Crippen molar-refractivity contribution in [3.8, 4) is 0 Å². The van der Waals surface area contributed by atoms with Crippen molar-refractivity contribution in [3.63, 3.8) is 0 Å². The number of hydrogen-bond acceptors (Lipinski definition) is 6. The Morgan fingerprint density at radius 1 is 0.737 bits per heavy atom. The van der Waals surface area contributed by atoms with Gasteiger partial charge in [-0.3, -0.25) is 0 Å². The first-order chi connectivity index (χ1) is 8.61. The van der Waals surface area contributed by atoms with Gasteiger partial charge in [-0.05, 0) is 0 Å². The van der Waals surface area contributed by atoms with Crippen molar-refractivity contribution in [2.75, 3.05) is 52.6 Å². The molecule has 2 heterocycles. The van der Waals surface area contributed by atoms with Crippen molar-refractivity contribution in [2.24, 2.45) is 0 Å². The molecule has 9 heteroatoms. The molecule has 0 bridgehead atoms. The maximum atomic E-state index is 5.10. The number of ether oxygens (including phenoxy) is 2. The third-order valence-corrected chi connectivity index (χ3v) is 3.57. The number of morpholine rings is 2. The number of hydrogen-bond donors (Lipinski definition) is 0. The van der Waals surface area contributed by atoms with E-state index in [2.05, 4.69) is 0 Å². The molecule has 0 unspecified atom stereocenters. The summed E-state index contributed by atoms with van der Waals surface area (Å²) < 4.78 is 11.3. The summed E-state index contributed by atoms with van der Waals surface area (Å²) in [5.74, 6) is 0. The Morgan fingerprint density at radius 2 is 1.00 bits per heavy atom. The van der Waals surface area contributed by atoms with E-state index in [-0.39, 0.29) is 27.7 Å². The van der Waals surface area contributed by atoms with Crippen LogP contribution < -0.4 is 0 Å². The summed E-state index contributed by atoms with van der Waals surface area (Å²) >= 11 is 19.2. The summed E-state index contributed by atoms with van der Waals surface area (Å²) in [5, 5.41) is 0. The van der Waals surface area contributed by atoms with Crippen LogP contribution in [0, 0.1) is 0 Å². The maximum absolute atomic E-state index is 5.10. The molecule has 0 atom stereocenters. The van der Waals surface area contributed by atoms with E-state index in [9.17, 15) is 0 Å². The Labute approximate surface area is 156 Å². The fourth-order valence-electron chi connectivity index (χ4n) is 1.49. The molecular formula is C10H16HgN2O2S4. The van der Waals surface area contributed by atoms with Crippen molar-refractivity contribution in [1.29, 1.82) is 0 Å². The second-order valence-corrected chi connectivity index (χ2v) is 5.79. The van der Waals surface area contributed by atoms with Gasteiger partial charge in [0.05, 0.1) is 26.4 Å². The SMILES string of the molecule is S=C([S-])N1CCOCC1.S=C([S-])N1CCOCC1.[Hg+2]. The molecule has 2 rings (SSSR count). The first kappa shape index (κ1) is 20.1. The fourth-order valence-corrected chi connectivity index (χ4v) is 2.22. The fraction of sp³-hybridized carbons (Fsp3) is 0.800. The van der Waals surface area contributed by atoms with Crippen molar-refractivity contribution in [2.45, 2.75) is 0 Å². The maximum Gasteiger partial charge on any atom is 2.00 e. The molecule has 2 aliphatic heterocycles. The Hall–Kier alpha value is 1.08. The van der Waals surface area contributed by atoms with E-state index < -0.39 is 0 Å². The van der Waals surface area contributed by atoms with Gasteiger partial charge in [0.15, 0.2) is 0 Å². The number of nitrogens with zero attached hydrogens (tertiary/aromatic N) is 2. The summed E-state index contributed by atoms with van der Waals surface area (Å²) in [6.07, 6.45) is 0. The van der Waals surface area contributed by atoms with Crippen molar-refractivity contribution >= 4 is 58.3 Å². The van der Waals surface area contributed by atoms with Crippen LogP contribution in [0.5, 0.6) is 0 Å².